The number of nitrogens with one attached hydrogen (secondary N) is 1. The summed E-state index contributed by atoms with van der Waals surface area (Å²) in [4.78, 5) is 1.96. The molecule has 1 aliphatic heterocycles. The van der Waals surface area contributed by atoms with Crippen molar-refractivity contribution in [3.63, 3.8) is 0 Å². The van der Waals surface area contributed by atoms with E-state index >= 15 is 0 Å². The Bertz CT molecular complexity index is 473. The largest absolute Gasteiger partial charge is 0.493 e. The Hall–Kier alpha value is -1.46. The van der Waals surface area contributed by atoms with Gasteiger partial charge in [-0.1, -0.05) is 11.6 Å². The molecule has 0 aromatic heterocycles. The van der Waals surface area contributed by atoms with Gasteiger partial charge >= 0.3 is 0 Å². The lowest BCUT2D eigenvalue weighted by molar-refractivity contribution is 0.0680. The van der Waals surface area contributed by atoms with Gasteiger partial charge in [-0.25, -0.2) is 0 Å². The quantitative estimate of drug-likeness (QED) is 0.681. The maximum Gasteiger partial charge on any atom is 0.179 e. The van der Waals surface area contributed by atoms with Gasteiger partial charge in [-0.3, -0.25) is 5.41 Å². The minimum absolute atomic E-state index is 0.422. The second-order valence-corrected chi connectivity index (χ2v) is 4.55. The number of methoxy groups -OCH3 is 2. The predicted molar refractivity (Wildman–Crippen MR) is 73.8 cm³/mol. The zero-order valence-corrected chi connectivity index (χ0v) is 11.8. The van der Waals surface area contributed by atoms with Crippen LogP contribution in [0.2, 0.25) is 5.02 Å². The minimum atomic E-state index is 0.422. The Morgan fingerprint density at radius 1 is 1.26 bits per heavy atom. The number of halogens is 1. The Kier molecular flexibility index (Phi) is 4.50. The molecule has 0 saturated carbocycles. The van der Waals surface area contributed by atoms with Crippen LogP contribution in [0.25, 0.3) is 0 Å². The van der Waals surface area contributed by atoms with E-state index in [9.17, 15) is 0 Å². The Morgan fingerprint density at radius 3 is 2.53 bits per heavy atom. The van der Waals surface area contributed by atoms with E-state index in [0.717, 1.165) is 0 Å². The minimum Gasteiger partial charge on any atom is -0.493 e. The van der Waals surface area contributed by atoms with Crippen LogP contribution in [0, 0.1) is 5.41 Å². The normalized spacial score (nSPS) is 15.2. The monoisotopic (exact) mass is 284 g/mol. The van der Waals surface area contributed by atoms with E-state index in [1.807, 2.05) is 4.90 Å². The fourth-order valence-electron chi connectivity index (χ4n) is 2.02. The van der Waals surface area contributed by atoms with Crippen molar-refractivity contribution in [2.75, 3.05) is 40.5 Å². The molecule has 2 rings (SSSR count). The molecule has 0 radical (unpaired) electrons. The fourth-order valence-corrected chi connectivity index (χ4v) is 2.31. The predicted octanol–water partition coefficient (Wildman–Crippen LogP) is 2.01. The highest BCUT2D eigenvalue weighted by molar-refractivity contribution is 6.32. The maximum absolute atomic E-state index is 8.24. The van der Waals surface area contributed by atoms with Crippen molar-refractivity contribution in [1.29, 1.82) is 5.41 Å². The molecular weight excluding hydrogens is 268 g/mol. The van der Waals surface area contributed by atoms with Crippen LogP contribution in [0.5, 0.6) is 11.5 Å². The van der Waals surface area contributed by atoms with Crippen LogP contribution < -0.4 is 9.47 Å². The van der Waals surface area contributed by atoms with Crippen LogP contribution in [0.1, 0.15) is 5.56 Å². The van der Waals surface area contributed by atoms with E-state index in [4.69, 9.17) is 31.2 Å². The number of hydrogen-bond donors (Lipinski definition) is 1. The van der Waals surface area contributed by atoms with Gasteiger partial charge in [0.15, 0.2) is 11.5 Å². The third-order valence-corrected chi connectivity index (χ3v) is 3.32. The van der Waals surface area contributed by atoms with Crippen molar-refractivity contribution in [3.8, 4) is 11.5 Å². The highest BCUT2D eigenvalue weighted by Crippen LogP contribution is 2.36. The number of amidine groups is 1. The first kappa shape index (κ1) is 14.0. The Morgan fingerprint density at radius 2 is 1.95 bits per heavy atom. The third kappa shape index (κ3) is 2.93. The first-order chi connectivity index (χ1) is 9.17. The molecule has 19 heavy (non-hydrogen) atoms. The van der Waals surface area contributed by atoms with Crippen LogP contribution >= 0.6 is 11.6 Å². The van der Waals surface area contributed by atoms with Crippen LogP contribution in [-0.2, 0) is 4.74 Å². The van der Waals surface area contributed by atoms with E-state index < -0.39 is 0 Å². The molecule has 0 bridgehead atoms. The van der Waals surface area contributed by atoms with Crippen LogP contribution in [0.15, 0.2) is 12.1 Å². The molecule has 1 saturated heterocycles. The van der Waals surface area contributed by atoms with Gasteiger partial charge in [-0.2, -0.15) is 0 Å². The standard InChI is InChI=1S/C13H17ClN2O3/c1-17-11-8-9(7-10(14)12(11)18-2)13(15)16-3-5-19-6-4-16/h7-8,15H,3-6H2,1-2H3. The lowest BCUT2D eigenvalue weighted by atomic mass is 10.1. The topological polar surface area (TPSA) is 54.8 Å². The third-order valence-electron chi connectivity index (χ3n) is 3.03. The molecule has 5 nitrogen and oxygen atoms in total. The molecule has 1 N–H and O–H groups in total. The van der Waals surface area contributed by atoms with Crippen LogP contribution in [-0.4, -0.2) is 51.3 Å². The summed E-state index contributed by atoms with van der Waals surface area (Å²) in [7, 11) is 3.09. The summed E-state index contributed by atoms with van der Waals surface area (Å²) in [5.74, 6) is 1.44. The number of nitrogens with zero attached hydrogens (tertiary/aromatic N) is 1. The van der Waals surface area contributed by atoms with Crippen LogP contribution in [0.4, 0.5) is 0 Å². The van der Waals surface area contributed by atoms with Gasteiger partial charge in [-0.05, 0) is 12.1 Å². The summed E-state index contributed by atoms with van der Waals surface area (Å²) in [6, 6.07) is 3.49. The molecule has 1 aromatic carbocycles. The number of benzene rings is 1. The molecule has 1 fully saturated rings. The van der Waals surface area contributed by atoms with Crippen molar-refractivity contribution in [3.05, 3.63) is 22.7 Å². The van der Waals surface area contributed by atoms with Gasteiger partial charge in [0.2, 0.25) is 0 Å². The molecule has 6 heteroatoms. The molecule has 0 aliphatic carbocycles. The molecule has 104 valence electrons. The number of rotatable bonds is 3. The molecule has 1 aliphatic rings. The number of ether oxygens (including phenoxy) is 3. The molecule has 1 aromatic rings. The van der Waals surface area contributed by atoms with Crippen molar-refractivity contribution < 1.29 is 14.2 Å². The number of morpholine rings is 1. The van der Waals surface area contributed by atoms with E-state index in [1.54, 1.807) is 19.2 Å². The van der Waals surface area contributed by atoms with E-state index in [1.165, 1.54) is 7.11 Å². The highest BCUT2D eigenvalue weighted by Gasteiger charge is 2.19. The second kappa shape index (κ2) is 6.12. The second-order valence-electron chi connectivity index (χ2n) is 4.14. The SMILES string of the molecule is COc1cc(C(=N)N2CCOCC2)cc(Cl)c1OC. The summed E-state index contributed by atoms with van der Waals surface area (Å²) in [6.07, 6.45) is 0. The summed E-state index contributed by atoms with van der Waals surface area (Å²) < 4.78 is 15.7. The summed E-state index contributed by atoms with van der Waals surface area (Å²) in [5.41, 5.74) is 0.713. The van der Waals surface area contributed by atoms with E-state index in [2.05, 4.69) is 0 Å². The highest BCUT2D eigenvalue weighted by atomic mass is 35.5. The summed E-state index contributed by atoms with van der Waals surface area (Å²) >= 11 is 6.15. The Labute approximate surface area is 117 Å². The van der Waals surface area contributed by atoms with Crippen molar-refractivity contribution in [1.82, 2.24) is 4.90 Å². The maximum atomic E-state index is 8.24. The fraction of sp³-hybridized carbons (Fsp3) is 0.462. The first-order valence-electron chi connectivity index (χ1n) is 6.00. The first-order valence-corrected chi connectivity index (χ1v) is 6.38. The van der Waals surface area contributed by atoms with Crippen molar-refractivity contribution in [2.45, 2.75) is 0 Å². The Balaban J connectivity index is 2.29. The van der Waals surface area contributed by atoms with Crippen LogP contribution in [0.3, 0.4) is 0 Å². The van der Waals surface area contributed by atoms with Crippen molar-refractivity contribution >= 4 is 17.4 Å². The van der Waals surface area contributed by atoms with Gasteiger partial charge in [-0.15, -0.1) is 0 Å². The van der Waals surface area contributed by atoms with E-state index in [-0.39, 0.29) is 0 Å². The molecule has 1 heterocycles. The molecule has 0 spiro atoms. The number of hydrogen-bond acceptors (Lipinski definition) is 4. The van der Waals surface area contributed by atoms with E-state index in [0.29, 0.717) is 54.2 Å². The molecule has 0 unspecified atom stereocenters. The lowest BCUT2D eigenvalue weighted by Gasteiger charge is -2.29. The average Bonchev–Trinajstić information content (AvgIpc) is 2.46. The van der Waals surface area contributed by atoms with Gasteiger partial charge in [0.05, 0.1) is 32.5 Å². The average molecular weight is 285 g/mol. The molecule has 0 atom stereocenters. The molecular formula is C13H17ClN2O3. The van der Waals surface area contributed by atoms with Gasteiger partial charge < -0.3 is 19.1 Å². The molecule has 0 amide bonds. The zero-order chi connectivity index (χ0) is 13.8. The summed E-state index contributed by atoms with van der Waals surface area (Å²) in [6.45, 7) is 2.71. The summed E-state index contributed by atoms with van der Waals surface area (Å²) in [5, 5.41) is 8.68. The lowest BCUT2D eigenvalue weighted by Crippen LogP contribution is -2.40. The zero-order valence-electron chi connectivity index (χ0n) is 11.0. The van der Waals surface area contributed by atoms with Gasteiger partial charge in [0, 0.05) is 18.7 Å². The van der Waals surface area contributed by atoms with Gasteiger partial charge in [0.25, 0.3) is 0 Å². The van der Waals surface area contributed by atoms with Gasteiger partial charge in [0.1, 0.15) is 5.84 Å². The smallest absolute Gasteiger partial charge is 0.179 e. The van der Waals surface area contributed by atoms with Crippen molar-refractivity contribution in [2.24, 2.45) is 0 Å².